The first kappa shape index (κ1) is 24.6. The lowest BCUT2D eigenvalue weighted by molar-refractivity contribution is 0.0413. The van der Waals surface area contributed by atoms with Gasteiger partial charge in [-0.15, -0.1) is 0 Å². The summed E-state index contributed by atoms with van der Waals surface area (Å²) < 4.78 is 32.1. The molecule has 38 heavy (non-hydrogen) atoms. The van der Waals surface area contributed by atoms with Crippen LogP contribution >= 0.6 is 0 Å². The van der Waals surface area contributed by atoms with Crippen LogP contribution in [0.1, 0.15) is 24.8 Å². The molecule has 4 N–H and O–H groups in total. The van der Waals surface area contributed by atoms with Gasteiger partial charge in [0.2, 0.25) is 5.88 Å². The molecule has 3 aliphatic heterocycles. The zero-order valence-corrected chi connectivity index (χ0v) is 21.3. The second-order valence-electron chi connectivity index (χ2n) is 9.98. The predicted molar refractivity (Wildman–Crippen MR) is 142 cm³/mol. The number of carbonyl (C=O) groups is 1. The van der Waals surface area contributed by atoms with Gasteiger partial charge in [-0.1, -0.05) is 0 Å². The van der Waals surface area contributed by atoms with E-state index in [1.807, 2.05) is 6.92 Å². The van der Waals surface area contributed by atoms with Gasteiger partial charge >= 0.3 is 6.09 Å². The Morgan fingerprint density at radius 1 is 1.18 bits per heavy atom. The Labute approximate surface area is 219 Å². The number of hydrogen-bond donors (Lipinski definition) is 3. The number of nitrogens with zero attached hydrogens (tertiary/aromatic N) is 3. The number of ether oxygens (including phenoxy) is 3. The van der Waals surface area contributed by atoms with E-state index in [9.17, 15) is 4.79 Å². The molecule has 0 unspecified atom stereocenters. The van der Waals surface area contributed by atoms with Crippen LogP contribution in [0.2, 0.25) is 0 Å². The number of amides is 1. The van der Waals surface area contributed by atoms with Crippen molar-refractivity contribution in [3.8, 4) is 17.0 Å². The van der Waals surface area contributed by atoms with E-state index in [1.165, 1.54) is 6.20 Å². The van der Waals surface area contributed by atoms with Gasteiger partial charge in [0.1, 0.15) is 24.2 Å². The van der Waals surface area contributed by atoms with Crippen LogP contribution in [0.15, 0.2) is 24.5 Å². The summed E-state index contributed by atoms with van der Waals surface area (Å²) in [6, 6.07) is 3.84. The number of benzene rings is 1. The van der Waals surface area contributed by atoms with Crippen molar-refractivity contribution in [2.75, 3.05) is 55.8 Å². The summed E-state index contributed by atoms with van der Waals surface area (Å²) in [5, 5.41) is 7.08. The second kappa shape index (κ2) is 10.2. The number of halogens is 1. The number of pyridine rings is 2. The molecule has 2 saturated heterocycles. The average Bonchev–Trinajstić information content (AvgIpc) is 3.47. The van der Waals surface area contributed by atoms with Crippen LogP contribution < -0.4 is 21.1 Å². The second-order valence-corrected chi connectivity index (χ2v) is 9.98. The summed E-state index contributed by atoms with van der Waals surface area (Å²) in [6.07, 6.45) is 4.96. The minimum Gasteiger partial charge on any atom is -0.474 e. The maximum atomic E-state index is 15.4. The van der Waals surface area contributed by atoms with Gasteiger partial charge in [-0.05, 0) is 49.3 Å². The number of nitrogens with one attached hydrogen (secondary N) is 2. The number of fused-ring (bicyclic) bond motifs is 2. The Hall–Kier alpha value is -3.70. The SMILES string of the molecule is Cc1c(-c2cc3cc(NC(=O)OC4CCN([C@H]5CCOC5)CC4)ncc3c(N)c2F)cnc2c1NCCO2. The zero-order valence-electron chi connectivity index (χ0n) is 21.3. The van der Waals surface area contributed by atoms with Crippen LogP contribution in [0.4, 0.5) is 26.4 Å². The number of anilines is 3. The van der Waals surface area contributed by atoms with Crippen molar-refractivity contribution in [3.05, 3.63) is 35.9 Å². The van der Waals surface area contributed by atoms with Gasteiger partial charge in [-0.2, -0.15) is 0 Å². The number of carbonyl (C=O) groups excluding carboxylic acids is 1. The number of likely N-dealkylation sites (tertiary alicyclic amines) is 1. The molecule has 1 aromatic carbocycles. The smallest absolute Gasteiger partial charge is 0.413 e. The molecule has 1 atom stereocenters. The average molecular weight is 523 g/mol. The standard InChI is InChI=1S/C27H31FN6O4/c1-15-20(12-32-26-25(15)30-5-9-37-26)19-10-16-11-22(31-13-21(16)24(29)23(19)28)33-27(35)38-18-2-6-34(7-3-18)17-4-8-36-14-17/h10-13,17-18,30H,2-9,14,29H2,1H3,(H,31,33,35)/t17-/m0/s1. The van der Waals surface area contributed by atoms with E-state index >= 15 is 4.39 Å². The largest absolute Gasteiger partial charge is 0.474 e. The molecule has 3 aromatic rings. The Morgan fingerprint density at radius 3 is 2.82 bits per heavy atom. The summed E-state index contributed by atoms with van der Waals surface area (Å²) >= 11 is 0. The normalized spacial score (nSPS) is 20.0. The Balaban J connectivity index is 1.18. The van der Waals surface area contributed by atoms with Crippen LogP contribution in [0.3, 0.4) is 0 Å². The van der Waals surface area contributed by atoms with E-state index < -0.39 is 11.9 Å². The molecule has 5 heterocycles. The fraction of sp³-hybridized carbons (Fsp3) is 0.444. The Morgan fingerprint density at radius 2 is 2.03 bits per heavy atom. The number of rotatable bonds is 4. The molecular weight excluding hydrogens is 491 g/mol. The molecule has 0 bridgehead atoms. The number of nitrogen functional groups attached to an aromatic ring is 1. The fourth-order valence-electron chi connectivity index (χ4n) is 5.51. The quantitative estimate of drug-likeness (QED) is 0.437. The summed E-state index contributed by atoms with van der Waals surface area (Å²) in [5.74, 6) is 0.256. The molecule has 0 saturated carbocycles. The third kappa shape index (κ3) is 4.67. The lowest BCUT2D eigenvalue weighted by Crippen LogP contribution is -2.44. The monoisotopic (exact) mass is 522 g/mol. The molecule has 2 fully saturated rings. The maximum absolute atomic E-state index is 15.4. The Kier molecular flexibility index (Phi) is 6.62. The molecule has 0 radical (unpaired) electrons. The van der Waals surface area contributed by atoms with Gasteiger partial charge in [0.15, 0.2) is 5.82 Å². The minimum atomic E-state index is -0.560. The Bertz CT molecular complexity index is 1370. The number of aromatic nitrogens is 2. The molecule has 11 heteroatoms. The molecule has 200 valence electrons. The highest BCUT2D eigenvalue weighted by Gasteiger charge is 2.29. The highest BCUT2D eigenvalue weighted by Crippen LogP contribution is 2.39. The molecule has 0 spiro atoms. The lowest BCUT2D eigenvalue weighted by Gasteiger charge is -2.34. The van der Waals surface area contributed by atoms with Crippen molar-refractivity contribution in [1.82, 2.24) is 14.9 Å². The minimum absolute atomic E-state index is 0.0140. The molecule has 10 nitrogen and oxygen atoms in total. The summed E-state index contributed by atoms with van der Waals surface area (Å²) in [4.78, 5) is 23.7. The summed E-state index contributed by atoms with van der Waals surface area (Å²) in [5.41, 5.74) is 8.64. The van der Waals surface area contributed by atoms with Gasteiger partial charge in [-0.3, -0.25) is 10.2 Å². The third-order valence-corrected chi connectivity index (χ3v) is 7.64. The van der Waals surface area contributed by atoms with Crippen molar-refractivity contribution in [1.29, 1.82) is 0 Å². The van der Waals surface area contributed by atoms with Crippen LogP contribution in [0.25, 0.3) is 21.9 Å². The van der Waals surface area contributed by atoms with Crippen molar-refractivity contribution >= 4 is 34.1 Å². The van der Waals surface area contributed by atoms with E-state index in [1.54, 1.807) is 18.3 Å². The van der Waals surface area contributed by atoms with Gasteiger partial charge in [-0.25, -0.2) is 19.2 Å². The van der Waals surface area contributed by atoms with E-state index in [0.29, 0.717) is 52.8 Å². The lowest BCUT2D eigenvalue weighted by atomic mass is 9.97. The topological polar surface area (TPSA) is 124 Å². The van der Waals surface area contributed by atoms with Crippen LogP contribution in [0, 0.1) is 12.7 Å². The first-order valence-corrected chi connectivity index (χ1v) is 13.0. The van der Waals surface area contributed by atoms with E-state index in [2.05, 4.69) is 25.5 Å². The molecule has 6 rings (SSSR count). The fourth-order valence-corrected chi connectivity index (χ4v) is 5.51. The first-order valence-electron chi connectivity index (χ1n) is 13.0. The predicted octanol–water partition coefficient (Wildman–Crippen LogP) is 3.93. The summed E-state index contributed by atoms with van der Waals surface area (Å²) in [7, 11) is 0. The van der Waals surface area contributed by atoms with Crippen LogP contribution in [-0.2, 0) is 9.47 Å². The molecule has 3 aliphatic rings. The molecular formula is C27H31FN6O4. The van der Waals surface area contributed by atoms with Gasteiger partial charge in [0, 0.05) is 61.2 Å². The number of hydrogen-bond acceptors (Lipinski definition) is 9. The zero-order chi connectivity index (χ0) is 26.2. The van der Waals surface area contributed by atoms with Gasteiger partial charge < -0.3 is 25.3 Å². The van der Waals surface area contributed by atoms with Crippen molar-refractivity contribution in [3.63, 3.8) is 0 Å². The van der Waals surface area contributed by atoms with E-state index in [-0.39, 0.29) is 11.8 Å². The van der Waals surface area contributed by atoms with Crippen molar-refractivity contribution in [2.45, 2.75) is 38.3 Å². The van der Waals surface area contributed by atoms with E-state index in [0.717, 1.165) is 56.8 Å². The highest BCUT2D eigenvalue weighted by atomic mass is 19.1. The number of nitrogens with two attached hydrogens (primary N) is 1. The third-order valence-electron chi connectivity index (χ3n) is 7.64. The van der Waals surface area contributed by atoms with Crippen molar-refractivity contribution in [2.24, 2.45) is 0 Å². The first-order chi connectivity index (χ1) is 18.5. The van der Waals surface area contributed by atoms with Crippen molar-refractivity contribution < 1.29 is 23.4 Å². The molecule has 0 aliphatic carbocycles. The molecule has 1 amide bonds. The maximum Gasteiger partial charge on any atom is 0.413 e. The highest BCUT2D eigenvalue weighted by molar-refractivity contribution is 5.99. The van der Waals surface area contributed by atoms with Crippen LogP contribution in [-0.4, -0.2) is 72.6 Å². The summed E-state index contributed by atoms with van der Waals surface area (Å²) in [6.45, 7) is 6.42. The van der Waals surface area contributed by atoms with Crippen LogP contribution in [0.5, 0.6) is 5.88 Å². The van der Waals surface area contributed by atoms with E-state index in [4.69, 9.17) is 19.9 Å². The van der Waals surface area contributed by atoms with Gasteiger partial charge in [0.25, 0.3) is 0 Å². The molecule has 2 aromatic heterocycles. The van der Waals surface area contributed by atoms with Gasteiger partial charge in [0.05, 0.1) is 12.3 Å². The number of piperidine rings is 1.